The van der Waals surface area contributed by atoms with Crippen LogP contribution in [-0.4, -0.2) is 37.3 Å². The van der Waals surface area contributed by atoms with Crippen molar-refractivity contribution >= 4 is 19.7 Å². The van der Waals surface area contributed by atoms with Crippen LogP contribution in [0.15, 0.2) is 80.2 Å². The summed E-state index contributed by atoms with van der Waals surface area (Å²) in [5, 5.41) is 39.7. The van der Waals surface area contributed by atoms with E-state index in [1.165, 1.54) is 48.5 Å². The summed E-state index contributed by atoms with van der Waals surface area (Å²) in [5.41, 5.74) is 3.54. The van der Waals surface area contributed by atoms with Gasteiger partial charge in [-0.3, -0.25) is 0 Å². The molecule has 8 nitrogen and oxygen atoms in total. The molecule has 0 amide bonds. The maximum Gasteiger partial charge on any atom is 0.207 e. The smallest absolute Gasteiger partial charge is 0.207 e. The molecule has 4 aromatic carbocycles. The first-order chi connectivity index (χ1) is 22.6. The molecule has 4 aromatic rings. The number of hydrogen-bond acceptors (Lipinski definition) is 8. The minimum atomic E-state index is -3.75. The van der Waals surface area contributed by atoms with E-state index in [0.717, 1.165) is 25.7 Å². The maximum absolute atomic E-state index is 13.4. The molecule has 48 heavy (non-hydrogen) atoms. The number of aromatic hydroxyl groups is 4. The molecule has 260 valence electrons. The number of rotatable bonds is 12. The molecule has 0 radical (unpaired) electrons. The van der Waals surface area contributed by atoms with E-state index in [2.05, 4.69) is 13.8 Å². The zero-order chi connectivity index (χ0) is 35.8. The minimum Gasteiger partial charge on any atom is -0.508 e. The molecule has 4 rings (SSSR count). The van der Waals surface area contributed by atoms with Crippen LogP contribution >= 0.6 is 0 Å². The number of aryl methyl sites for hydroxylation is 6. The molecule has 0 saturated carbocycles. The second-order valence-corrected chi connectivity index (χ2v) is 15.8. The lowest BCUT2D eigenvalue weighted by molar-refractivity contribution is 0.465. The van der Waals surface area contributed by atoms with Crippen LogP contribution in [0.2, 0.25) is 0 Å². The van der Waals surface area contributed by atoms with Gasteiger partial charge in [0.2, 0.25) is 19.7 Å². The van der Waals surface area contributed by atoms with Gasteiger partial charge in [-0.25, -0.2) is 16.8 Å². The number of sulfone groups is 2. The lowest BCUT2D eigenvalue weighted by Gasteiger charge is -2.15. The zero-order valence-corrected chi connectivity index (χ0v) is 30.3. The predicted molar refractivity (Wildman–Crippen MR) is 189 cm³/mol. The second kappa shape index (κ2) is 16.4. The van der Waals surface area contributed by atoms with Gasteiger partial charge in [-0.2, -0.15) is 0 Å². The molecule has 4 N–H and O–H groups in total. The summed E-state index contributed by atoms with van der Waals surface area (Å²) in [4.78, 5) is 0.734. The Bertz CT molecular complexity index is 1830. The third-order valence-corrected chi connectivity index (χ3v) is 12.2. The van der Waals surface area contributed by atoms with Gasteiger partial charge in [0.25, 0.3) is 0 Å². The van der Waals surface area contributed by atoms with Crippen molar-refractivity contribution in [2.45, 2.75) is 112 Å². The molecule has 0 aliphatic carbocycles. The highest BCUT2D eigenvalue weighted by molar-refractivity contribution is 7.91. The van der Waals surface area contributed by atoms with E-state index in [4.69, 9.17) is 0 Å². The van der Waals surface area contributed by atoms with E-state index in [0.29, 0.717) is 59.1 Å². The highest BCUT2D eigenvalue weighted by Gasteiger charge is 2.25. The summed E-state index contributed by atoms with van der Waals surface area (Å²) in [7, 11) is -7.41. The highest BCUT2D eigenvalue weighted by atomic mass is 32.2. The standard InChI is InChI=1S/C22H30O4S.C16H18O4S/c1-5-7-9-17-13-21(15(3)11-19(17)23)27(25,26)22-14-18(10-8-6-2)20(24)12-16(22)4;1-3-11-9-13(5-7-15(11)17)21(19,20)14-6-8-16(18)12(4-2)10-14/h11-14,23-24H,5-10H2,1-4H3;5-10,17-18H,3-4H2,1-2H3. The minimum absolute atomic E-state index is 0.0939. The Kier molecular flexibility index (Phi) is 13.1. The van der Waals surface area contributed by atoms with Crippen LogP contribution in [0.5, 0.6) is 23.0 Å². The van der Waals surface area contributed by atoms with Crippen LogP contribution in [-0.2, 0) is 45.4 Å². The fourth-order valence-electron chi connectivity index (χ4n) is 5.42. The van der Waals surface area contributed by atoms with Crippen molar-refractivity contribution in [2.75, 3.05) is 0 Å². The van der Waals surface area contributed by atoms with Crippen molar-refractivity contribution < 1.29 is 37.3 Å². The van der Waals surface area contributed by atoms with Gasteiger partial charge < -0.3 is 20.4 Å². The summed E-state index contributed by atoms with van der Waals surface area (Å²) < 4.78 is 52.0. The molecule has 0 fully saturated rings. The second-order valence-electron chi connectivity index (χ2n) is 12.0. The molecule has 10 heteroatoms. The third-order valence-electron chi connectivity index (χ3n) is 8.42. The molecule has 0 bridgehead atoms. The number of phenolic OH excluding ortho intramolecular Hbond substituents is 4. The van der Waals surface area contributed by atoms with E-state index >= 15 is 0 Å². The summed E-state index contributed by atoms with van der Waals surface area (Å²) in [6, 6.07) is 14.8. The van der Waals surface area contributed by atoms with E-state index in [9.17, 15) is 37.3 Å². The number of hydrogen-bond donors (Lipinski definition) is 4. The fraction of sp³-hybridized carbons (Fsp3) is 0.368. The van der Waals surface area contributed by atoms with Crippen molar-refractivity contribution in [1.29, 1.82) is 0 Å². The number of unbranched alkanes of at least 4 members (excludes halogenated alkanes) is 2. The molecule has 0 aromatic heterocycles. The summed E-state index contributed by atoms with van der Waals surface area (Å²) >= 11 is 0. The summed E-state index contributed by atoms with van der Waals surface area (Å²) in [6.45, 7) is 11.2. The normalized spacial score (nSPS) is 11.6. The van der Waals surface area contributed by atoms with Crippen LogP contribution in [0, 0.1) is 13.8 Å². The maximum atomic E-state index is 13.4. The average Bonchev–Trinajstić information content (AvgIpc) is 3.04. The Labute approximate surface area is 285 Å². The summed E-state index contributed by atoms with van der Waals surface area (Å²) in [5.74, 6) is 0.477. The lowest BCUT2D eigenvalue weighted by Crippen LogP contribution is -2.08. The highest BCUT2D eigenvalue weighted by Crippen LogP contribution is 2.35. The Morgan fingerprint density at radius 1 is 0.479 bits per heavy atom. The van der Waals surface area contributed by atoms with Crippen LogP contribution in [0.3, 0.4) is 0 Å². The van der Waals surface area contributed by atoms with Crippen LogP contribution < -0.4 is 0 Å². The van der Waals surface area contributed by atoms with Crippen LogP contribution in [0.25, 0.3) is 0 Å². The molecule has 0 spiro atoms. The zero-order valence-electron chi connectivity index (χ0n) is 28.7. The van der Waals surface area contributed by atoms with Gasteiger partial charge in [0.05, 0.1) is 19.6 Å². The number of benzene rings is 4. The van der Waals surface area contributed by atoms with Gasteiger partial charge in [-0.15, -0.1) is 0 Å². The molecular weight excluding hydrogens is 649 g/mol. The Balaban J connectivity index is 0.000000269. The fourth-order valence-corrected chi connectivity index (χ4v) is 8.58. The largest absolute Gasteiger partial charge is 0.508 e. The first kappa shape index (κ1) is 38.4. The topological polar surface area (TPSA) is 149 Å². The monoisotopic (exact) mass is 696 g/mol. The van der Waals surface area contributed by atoms with Crippen molar-refractivity contribution in [2.24, 2.45) is 0 Å². The van der Waals surface area contributed by atoms with E-state index < -0.39 is 19.7 Å². The van der Waals surface area contributed by atoms with Gasteiger partial charge in [0.1, 0.15) is 23.0 Å². The lowest BCUT2D eigenvalue weighted by atomic mass is 10.1. The van der Waals surface area contributed by atoms with Gasteiger partial charge in [-0.05, 0) is 146 Å². The summed E-state index contributed by atoms with van der Waals surface area (Å²) in [6.07, 6.45) is 6.07. The molecular formula is C38H48O8S2. The van der Waals surface area contributed by atoms with Crippen LogP contribution in [0.4, 0.5) is 0 Å². The SMILES string of the molecule is CCCCc1cc(S(=O)(=O)c2cc(CCCC)c(O)cc2C)c(C)cc1O.CCc1cc(S(=O)(=O)c2ccc(O)c(CC)c2)ccc1O. The molecule has 0 aliphatic rings. The predicted octanol–water partition coefficient (Wildman–Crippen LogP) is 8.29. The Hall–Kier alpha value is -4.02. The molecule has 0 saturated heterocycles. The van der Waals surface area contributed by atoms with Crippen LogP contribution in [0.1, 0.15) is 86.8 Å². The van der Waals surface area contributed by atoms with Crippen molar-refractivity contribution in [3.05, 3.63) is 94.0 Å². The van der Waals surface area contributed by atoms with Crippen molar-refractivity contribution in [1.82, 2.24) is 0 Å². The first-order valence-electron chi connectivity index (χ1n) is 16.4. The average molecular weight is 697 g/mol. The molecule has 0 unspecified atom stereocenters. The van der Waals surface area contributed by atoms with E-state index in [1.807, 2.05) is 13.8 Å². The van der Waals surface area contributed by atoms with E-state index in [1.54, 1.807) is 26.0 Å². The quantitative estimate of drug-likeness (QED) is 0.116. The van der Waals surface area contributed by atoms with Gasteiger partial charge >= 0.3 is 0 Å². The molecule has 0 aliphatic heterocycles. The number of phenols is 4. The van der Waals surface area contributed by atoms with Gasteiger partial charge in [-0.1, -0.05) is 40.5 Å². The third kappa shape index (κ3) is 8.71. The van der Waals surface area contributed by atoms with Crippen molar-refractivity contribution in [3.8, 4) is 23.0 Å². The van der Waals surface area contributed by atoms with Gasteiger partial charge in [0, 0.05) is 0 Å². The first-order valence-corrected chi connectivity index (χ1v) is 19.4. The Morgan fingerprint density at radius 3 is 1.19 bits per heavy atom. The van der Waals surface area contributed by atoms with Crippen molar-refractivity contribution in [3.63, 3.8) is 0 Å². The van der Waals surface area contributed by atoms with Gasteiger partial charge in [0.15, 0.2) is 0 Å². The van der Waals surface area contributed by atoms with E-state index in [-0.39, 0.29) is 42.6 Å². The Morgan fingerprint density at radius 2 is 0.854 bits per heavy atom. The molecule has 0 heterocycles. The molecule has 0 atom stereocenters.